The predicted octanol–water partition coefficient (Wildman–Crippen LogP) is 6.18. The molecule has 5 N–H and O–H groups in total. The van der Waals surface area contributed by atoms with Crippen LogP contribution in [0.3, 0.4) is 0 Å². The normalized spacial score (nSPS) is 13.9. The van der Waals surface area contributed by atoms with Crippen molar-refractivity contribution in [1.29, 1.82) is 0 Å². The van der Waals surface area contributed by atoms with E-state index < -0.39 is 38.3 Å². The monoisotopic (exact) mass is 712 g/mol. The van der Waals surface area contributed by atoms with Crippen LogP contribution in [0.15, 0.2) is 18.2 Å². The van der Waals surface area contributed by atoms with Crippen molar-refractivity contribution in [3.8, 4) is 0 Å². The number of rotatable bonds is 23. The number of alkyl halides is 2. The summed E-state index contributed by atoms with van der Waals surface area (Å²) in [6, 6.07) is 3.78. The lowest BCUT2D eigenvalue weighted by molar-refractivity contribution is 0.00712. The zero-order valence-electron chi connectivity index (χ0n) is 23.4. The van der Waals surface area contributed by atoms with E-state index in [4.69, 9.17) is 0 Å². The summed E-state index contributed by atoms with van der Waals surface area (Å²) >= 11 is 6.08. The molecule has 12 heteroatoms. The summed E-state index contributed by atoms with van der Waals surface area (Å²) in [5.41, 5.74) is -0.273. The molecule has 0 spiro atoms. The second kappa shape index (κ2) is 20.6. The highest BCUT2D eigenvalue weighted by Crippen LogP contribution is 2.23. The Morgan fingerprint density at radius 2 is 1.40 bits per heavy atom. The number of amides is 1. The maximum absolute atomic E-state index is 12.6. The predicted molar refractivity (Wildman–Crippen MR) is 167 cm³/mol. The lowest BCUT2D eigenvalue weighted by atomic mass is 9.99. The van der Waals surface area contributed by atoms with Gasteiger partial charge < -0.3 is 20.6 Å². The third-order valence-electron chi connectivity index (χ3n) is 6.73. The second-order valence-corrected chi connectivity index (χ2v) is 14.4. The number of benzene rings is 1. The first-order valence-electron chi connectivity index (χ1n) is 14.3. The van der Waals surface area contributed by atoms with E-state index in [9.17, 15) is 33.3 Å². The van der Waals surface area contributed by atoms with Gasteiger partial charge in [0.25, 0.3) is 5.91 Å². The molecule has 0 saturated carbocycles. The number of unbranched alkanes of at least 4 members (excludes halogenated alkanes) is 10. The first-order valence-corrected chi connectivity index (χ1v) is 17.8. The molecule has 1 amide bonds. The summed E-state index contributed by atoms with van der Waals surface area (Å²) in [4.78, 5) is 24.1. The van der Waals surface area contributed by atoms with E-state index in [-0.39, 0.29) is 22.1 Å². The van der Waals surface area contributed by atoms with Crippen molar-refractivity contribution in [2.45, 2.75) is 113 Å². The topological polar surface area (TPSA) is 153 Å². The molecule has 9 nitrogen and oxygen atoms in total. The molecule has 1 rings (SSSR count). The van der Waals surface area contributed by atoms with Crippen LogP contribution in [0.2, 0.25) is 0 Å². The molecule has 230 valence electrons. The van der Waals surface area contributed by atoms with Crippen LogP contribution in [0.4, 0.5) is 5.69 Å². The van der Waals surface area contributed by atoms with E-state index in [1.807, 2.05) is 0 Å². The van der Waals surface area contributed by atoms with Crippen molar-refractivity contribution < 1.29 is 33.3 Å². The lowest BCUT2D eigenvalue weighted by Gasteiger charge is -2.17. The van der Waals surface area contributed by atoms with Crippen molar-refractivity contribution in [3.63, 3.8) is 0 Å². The summed E-state index contributed by atoms with van der Waals surface area (Å²) in [6.45, 7) is 2.63. The van der Waals surface area contributed by atoms with Gasteiger partial charge in [-0.15, -0.1) is 0 Å². The third-order valence-corrected chi connectivity index (χ3v) is 11.8. The van der Waals surface area contributed by atoms with Gasteiger partial charge in [-0.2, -0.15) is 0 Å². The molecular weight excluding hydrogens is 668 g/mol. The number of aromatic carboxylic acids is 1. The smallest absolute Gasteiger partial charge is 0.337 e. The minimum absolute atomic E-state index is 0.0926. The molecule has 40 heavy (non-hydrogen) atoms. The Morgan fingerprint density at radius 3 is 1.93 bits per heavy atom. The van der Waals surface area contributed by atoms with Crippen LogP contribution in [0.1, 0.15) is 118 Å². The number of carbonyl (C=O) groups is 2. The van der Waals surface area contributed by atoms with E-state index in [1.165, 1.54) is 43.9 Å². The minimum atomic E-state index is -3.91. The number of halogens is 2. The van der Waals surface area contributed by atoms with Crippen LogP contribution in [-0.4, -0.2) is 63.9 Å². The summed E-state index contributed by atoms with van der Waals surface area (Å²) in [5, 5.41) is 32.6. The van der Waals surface area contributed by atoms with Crippen LogP contribution in [0.5, 0.6) is 0 Å². The number of carboxylic acids is 1. The van der Waals surface area contributed by atoms with Crippen LogP contribution in [-0.2, 0) is 10.0 Å². The largest absolute Gasteiger partial charge is 0.478 e. The molecule has 0 aliphatic carbocycles. The standard InChI is InChI=1S/C28H46Br2N2O7S/c1-2-3-4-5-8-11-14-24(33)25(34)15-12-9-6-7-10-13-18-31-27(35)21-16-17-22(28(36)37)23(19-21)32-40(38,39)26(30)20-29/h16-17,19,24-26,32-34H,2-15,18,20H2,1H3,(H,31,35)(H,36,37). The highest BCUT2D eigenvalue weighted by atomic mass is 79.9. The van der Waals surface area contributed by atoms with Crippen molar-refractivity contribution in [2.24, 2.45) is 0 Å². The van der Waals surface area contributed by atoms with Gasteiger partial charge in [-0.05, 0) is 37.5 Å². The maximum atomic E-state index is 12.6. The number of aliphatic hydroxyl groups is 2. The Kier molecular flexibility index (Phi) is 19.0. The number of sulfonamides is 1. The van der Waals surface area contributed by atoms with Gasteiger partial charge in [0.2, 0.25) is 10.0 Å². The molecule has 0 bridgehead atoms. The highest BCUT2D eigenvalue weighted by Gasteiger charge is 2.24. The summed E-state index contributed by atoms with van der Waals surface area (Å²) < 4.78 is 26.0. The average molecular weight is 715 g/mol. The summed E-state index contributed by atoms with van der Waals surface area (Å²) in [7, 11) is -3.91. The molecule has 3 unspecified atom stereocenters. The SMILES string of the molecule is CCCCCCCCC(O)C(O)CCCCCCCCNC(=O)c1ccc(C(=O)O)c(NS(=O)(=O)C(Br)CBr)c1. The molecule has 0 aliphatic heterocycles. The van der Waals surface area contributed by atoms with Crippen molar-refractivity contribution in [2.75, 3.05) is 16.6 Å². The Balaban J connectivity index is 2.30. The third kappa shape index (κ3) is 14.6. The van der Waals surface area contributed by atoms with Crippen molar-refractivity contribution in [1.82, 2.24) is 5.32 Å². The lowest BCUT2D eigenvalue weighted by Crippen LogP contribution is -2.27. The average Bonchev–Trinajstić information content (AvgIpc) is 2.92. The fraction of sp³-hybridized carbons (Fsp3) is 0.714. The van der Waals surface area contributed by atoms with Gasteiger partial charge in [0, 0.05) is 17.4 Å². The Morgan fingerprint density at radius 1 is 0.875 bits per heavy atom. The maximum Gasteiger partial charge on any atom is 0.337 e. The molecule has 0 fully saturated rings. The molecule has 3 atom stereocenters. The minimum Gasteiger partial charge on any atom is -0.478 e. The van der Waals surface area contributed by atoms with E-state index in [1.54, 1.807) is 0 Å². The van der Waals surface area contributed by atoms with Gasteiger partial charge in [0.05, 0.1) is 23.5 Å². The van der Waals surface area contributed by atoms with Crippen LogP contribution >= 0.6 is 31.9 Å². The van der Waals surface area contributed by atoms with Crippen LogP contribution in [0, 0.1) is 0 Å². The molecule has 0 saturated heterocycles. The Labute approximate surface area is 256 Å². The van der Waals surface area contributed by atoms with Gasteiger partial charge in [-0.25, -0.2) is 13.2 Å². The number of hydrogen-bond acceptors (Lipinski definition) is 6. The van der Waals surface area contributed by atoms with Gasteiger partial charge >= 0.3 is 5.97 Å². The zero-order chi connectivity index (χ0) is 30.0. The van der Waals surface area contributed by atoms with E-state index in [0.29, 0.717) is 19.4 Å². The molecule has 0 heterocycles. The van der Waals surface area contributed by atoms with E-state index in [0.717, 1.165) is 51.4 Å². The number of hydrogen-bond donors (Lipinski definition) is 5. The van der Waals surface area contributed by atoms with Gasteiger partial charge in [0.1, 0.15) is 4.16 Å². The number of nitrogens with one attached hydrogen (secondary N) is 2. The number of carbonyl (C=O) groups excluding carboxylic acids is 1. The molecule has 0 radical (unpaired) electrons. The fourth-order valence-electron chi connectivity index (χ4n) is 4.26. The zero-order valence-corrected chi connectivity index (χ0v) is 27.4. The molecule has 1 aromatic carbocycles. The highest BCUT2D eigenvalue weighted by molar-refractivity contribution is 9.13. The first-order chi connectivity index (χ1) is 19.0. The fourth-order valence-corrected chi connectivity index (χ4v) is 6.36. The van der Waals surface area contributed by atoms with Crippen LogP contribution < -0.4 is 10.0 Å². The summed E-state index contributed by atoms with van der Waals surface area (Å²) in [6.07, 6.45) is 12.5. The van der Waals surface area contributed by atoms with Gasteiger partial charge in [-0.3, -0.25) is 9.52 Å². The molecule has 1 aromatic rings. The molecule has 0 aliphatic rings. The number of carboxylic acid groups (broad SMARTS) is 1. The summed E-state index contributed by atoms with van der Waals surface area (Å²) in [5.74, 6) is -1.73. The molecule has 0 aromatic heterocycles. The number of anilines is 1. The second-order valence-electron chi connectivity index (χ2n) is 10.1. The molecular formula is C28H46Br2N2O7S. The number of aliphatic hydroxyl groups excluding tert-OH is 2. The van der Waals surface area contributed by atoms with E-state index >= 15 is 0 Å². The van der Waals surface area contributed by atoms with Crippen molar-refractivity contribution >= 4 is 59.4 Å². The Bertz CT molecular complexity index is 995. The quantitative estimate of drug-likeness (QED) is 0.0671. The van der Waals surface area contributed by atoms with Gasteiger partial charge in [0.15, 0.2) is 0 Å². The Hall–Kier alpha value is -1.21. The van der Waals surface area contributed by atoms with Crippen LogP contribution in [0.25, 0.3) is 0 Å². The van der Waals surface area contributed by atoms with E-state index in [2.05, 4.69) is 48.8 Å². The van der Waals surface area contributed by atoms with Gasteiger partial charge in [-0.1, -0.05) is 109 Å². The van der Waals surface area contributed by atoms with Crippen molar-refractivity contribution in [3.05, 3.63) is 29.3 Å². The first kappa shape index (κ1) is 36.8.